The van der Waals surface area contributed by atoms with Gasteiger partial charge in [0.15, 0.2) is 5.65 Å². The number of aryl methyl sites for hydroxylation is 3. The fourth-order valence-electron chi connectivity index (χ4n) is 3.91. The van der Waals surface area contributed by atoms with Gasteiger partial charge in [-0.25, -0.2) is 27.9 Å². The fourth-order valence-corrected chi connectivity index (χ4v) is 4.84. The van der Waals surface area contributed by atoms with Crippen LogP contribution in [-0.2, 0) is 21.2 Å². The Balaban J connectivity index is 1.44. The Hall–Kier alpha value is -4.25. The number of fused-ring (bicyclic) bond motifs is 1. The lowest BCUT2D eigenvalue weighted by Gasteiger charge is -2.11. The van der Waals surface area contributed by atoms with Gasteiger partial charge in [-0.15, -0.1) is 0 Å². The summed E-state index contributed by atoms with van der Waals surface area (Å²) in [7, 11) is -3.95. The van der Waals surface area contributed by atoms with Gasteiger partial charge in [-0.1, -0.05) is 29.8 Å². The maximum absolute atomic E-state index is 12.4. The number of pyridine rings is 1. The molecule has 2 aromatic heterocycles. The predicted molar refractivity (Wildman–Crippen MR) is 141 cm³/mol. The largest absolute Gasteiger partial charge is 0.337 e. The molecule has 2 aromatic carbocycles. The van der Waals surface area contributed by atoms with E-state index < -0.39 is 16.1 Å². The highest BCUT2D eigenvalue weighted by Crippen LogP contribution is 2.26. The molecule has 10 nitrogen and oxygen atoms in total. The molecule has 11 heteroatoms. The van der Waals surface area contributed by atoms with Crippen LogP contribution in [0.1, 0.15) is 29.3 Å². The molecule has 192 valence electrons. The van der Waals surface area contributed by atoms with E-state index in [1.54, 1.807) is 16.7 Å². The van der Waals surface area contributed by atoms with Gasteiger partial charge in [-0.05, 0) is 68.7 Å². The van der Waals surface area contributed by atoms with Crippen LogP contribution in [0.15, 0.2) is 59.5 Å². The number of sulfonamides is 1. The molecule has 2 heterocycles. The van der Waals surface area contributed by atoms with Crippen molar-refractivity contribution in [1.29, 1.82) is 0 Å². The zero-order valence-corrected chi connectivity index (χ0v) is 21.8. The summed E-state index contributed by atoms with van der Waals surface area (Å²) in [5.41, 5.74) is 5.75. The van der Waals surface area contributed by atoms with E-state index in [0.29, 0.717) is 23.5 Å². The molecule has 0 radical (unpaired) electrons. The van der Waals surface area contributed by atoms with Crippen LogP contribution in [0.2, 0.25) is 0 Å². The third-order valence-corrected chi connectivity index (χ3v) is 7.02. The molecular weight excluding hydrogens is 492 g/mol. The maximum atomic E-state index is 12.4. The number of hydrogen-bond acceptors (Lipinski definition) is 6. The van der Waals surface area contributed by atoms with Crippen molar-refractivity contribution in [2.24, 2.45) is 0 Å². The number of amides is 3. The molecule has 37 heavy (non-hydrogen) atoms. The molecule has 3 N–H and O–H groups in total. The highest BCUT2D eigenvalue weighted by atomic mass is 32.2. The van der Waals surface area contributed by atoms with Crippen molar-refractivity contribution in [3.05, 3.63) is 77.0 Å². The quantitative estimate of drug-likeness (QED) is 0.341. The normalized spacial score (nSPS) is 11.4. The molecule has 0 unspecified atom stereocenters. The van der Waals surface area contributed by atoms with Crippen molar-refractivity contribution in [2.75, 3.05) is 11.9 Å². The number of rotatable bonds is 7. The van der Waals surface area contributed by atoms with Crippen LogP contribution in [0.5, 0.6) is 0 Å². The number of carbonyl (C=O) groups excluding carboxylic acids is 2. The first kappa shape index (κ1) is 25.8. The Morgan fingerprint density at radius 3 is 2.27 bits per heavy atom. The number of imidazole rings is 1. The van der Waals surface area contributed by atoms with Gasteiger partial charge in [0.05, 0.1) is 10.6 Å². The molecule has 0 aliphatic heterocycles. The summed E-state index contributed by atoms with van der Waals surface area (Å²) in [4.78, 5) is 33.2. The van der Waals surface area contributed by atoms with Gasteiger partial charge in [0.1, 0.15) is 5.52 Å². The molecule has 0 aliphatic rings. The minimum Gasteiger partial charge on any atom is -0.337 e. The molecule has 0 atom stereocenters. The van der Waals surface area contributed by atoms with E-state index in [1.165, 1.54) is 19.1 Å². The molecule has 4 aromatic rings. The van der Waals surface area contributed by atoms with E-state index in [0.717, 1.165) is 28.1 Å². The molecule has 0 saturated carbocycles. The first-order valence-electron chi connectivity index (χ1n) is 11.6. The highest BCUT2D eigenvalue weighted by Gasteiger charge is 2.18. The van der Waals surface area contributed by atoms with E-state index in [1.807, 2.05) is 55.8 Å². The van der Waals surface area contributed by atoms with Gasteiger partial charge in [-0.3, -0.25) is 14.7 Å². The molecule has 3 amide bonds. The average Bonchev–Trinajstić information content (AvgIpc) is 3.17. The number of anilines is 1. The van der Waals surface area contributed by atoms with Crippen molar-refractivity contribution < 1.29 is 18.0 Å². The number of urea groups is 1. The minimum absolute atomic E-state index is 0.0226. The highest BCUT2D eigenvalue weighted by molar-refractivity contribution is 7.90. The standard InChI is InChI=1S/C26H28N6O4S/c1-16-5-11-22(12-6-16)37(35,36)31-26(34)27-14-13-20-7-9-21(10-8-20)32-24-23(17(2)15-18(3)28-24)30-25(32)29-19(4)33/h5-12,15H,13-14H2,1-4H3,(H2,27,31,34)(H,29,30,33). The summed E-state index contributed by atoms with van der Waals surface area (Å²) in [6.45, 7) is 7.36. The smallest absolute Gasteiger partial charge is 0.328 e. The summed E-state index contributed by atoms with van der Waals surface area (Å²) < 4.78 is 28.5. The monoisotopic (exact) mass is 520 g/mol. The number of aromatic nitrogens is 3. The molecule has 0 saturated heterocycles. The summed E-state index contributed by atoms with van der Waals surface area (Å²) in [5.74, 6) is 0.140. The second-order valence-corrected chi connectivity index (χ2v) is 10.5. The Morgan fingerprint density at radius 1 is 0.946 bits per heavy atom. The van der Waals surface area contributed by atoms with E-state index in [-0.39, 0.29) is 17.3 Å². The van der Waals surface area contributed by atoms with Gasteiger partial charge in [0.2, 0.25) is 11.9 Å². The van der Waals surface area contributed by atoms with Crippen LogP contribution in [0.3, 0.4) is 0 Å². The summed E-state index contributed by atoms with van der Waals surface area (Å²) in [6, 6.07) is 14.9. The van der Waals surface area contributed by atoms with Crippen LogP contribution < -0.4 is 15.4 Å². The second-order valence-electron chi connectivity index (χ2n) is 8.80. The fraction of sp³-hybridized carbons (Fsp3) is 0.231. The lowest BCUT2D eigenvalue weighted by atomic mass is 10.1. The molecule has 4 rings (SSSR count). The minimum atomic E-state index is -3.95. The molecule has 0 aliphatic carbocycles. The first-order chi connectivity index (χ1) is 17.5. The topological polar surface area (TPSA) is 135 Å². The molecule has 0 fully saturated rings. The summed E-state index contributed by atoms with van der Waals surface area (Å²) in [6.07, 6.45) is 0.484. The van der Waals surface area contributed by atoms with Crippen molar-refractivity contribution in [3.8, 4) is 5.69 Å². The third kappa shape index (κ3) is 5.95. The van der Waals surface area contributed by atoms with E-state index >= 15 is 0 Å². The summed E-state index contributed by atoms with van der Waals surface area (Å²) >= 11 is 0. The van der Waals surface area contributed by atoms with Crippen LogP contribution in [0.25, 0.3) is 16.9 Å². The van der Waals surface area contributed by atoms with Crippen LogP contribution in [0.4, 0.5) is 10.7 Å². The van der Waals surface area contributed by atoms with E-state index in [9.17, 15) is 18.0 Å². The number of nitrogens with zero attached hydrogens (tertiary/aromatic N) is 3. The van der Waals surface area contributed by atoms with Crippen LogP contribution >= 0.6 is 0 Å². The number of hydrogen-bond donors (Lipinski definition) is 3. The van der Waals surface area contributed by atoms with Gasteiger partial charge in [0.25, 0.3) is 10.0 Å². The van der Waals surface area contributed by atoms with Crippen molar-refractivity contribution in [2.45, 2.75) is 39.0 Å². The van der Waals surface area contributed by atoms with Crippen LogP contribution in [-0.4, -0.2) is 41.4 Å². The Labute approximate surface area is 215 Å². The average molecular weight is 521 g/mol. The van der Waals surface area contributed by atoms with Crippen LogP contribution in [0, 0.1) is 20.8 Å². The van der Waals surface area contributed by atoms with Crippen molar-refractivity contribution >= 4 is 39.1 Å². The third-order valence-electron chi connectivity index (χ3n) is 5.67. The van der Waals surface area contributed by atoms with Gasteiger partial charge < -0.3 is 5.32 Å². The lowest BCUT2D eigenvalue weighted by molar-refractivity contribution is -0.114. The number of benzene rings is 2. The van der Waals surface area contributed by atoms with E-state index in [2.05, 4.69) is 20.6 Å². The maximum Gasteiger partial charge on any atom is 0.328 e. The first-order valence-corrected chi connectivity index (χ1v) is 13.1. The number of nitrogens with one attached hydrogen (secondary N) is 3. The van der Waals surface area contributed by atoms with Crippen molar-refractivity contribution in [1.82, 2.24) is 24.6 Å². The molecule has 0 spiro atoms. The zero-order chi connectivity index (χ0) is 26.7. The molecular formula is C26H28N6O4S. The number of carbonyl (C=O) groups is 2. The Morgan fingerprint density at radius 2 is 1.62 bits per heavy atom. The SMILES string of the molecule is CC(=O)Nc1nc2c(C)cc(C)nc2n1-c1ccc(CCNC(=O)NS(=O)(=O)c2ccc(C)cc2)cc1. The Kier molecular flexibility index (Phi) is 7.25. The van der Waals surface area contributed by atoms with Gasteiger partial charge in [-0.2, -0.15) is 0 Å². The van der Waals surface area contributed by atoms with Gasteiger partial charge in [0, 0.05) is 19.2 Å². The van der Waals surface area contributed by atoms with Gasteiger partial charge >= 0.3 is 6.03 Å². The van der Waals surface area contributed by atoms with Crippen molar-refractivity contribution in [3.63, 3.8) is 0 Å². The zero-order valence-electron chi connectivity index (χ0n) is 21.0. The Bertz CT molecular complexity index is 1580. The predicted octanol–water partition coefficient (Wildman–Crippen LogP) is 3.53. The lowest BCUT2D eigenvalue weighted by Crippen LogP contribution is -2.40. The summed E-state index contributed by atoms with van der Waals surface area (Å²) in [5, 5.41) is 5.35. The second kappa shape index (κ2) is 10.4. The molecule has 0 bridgehead atoms. The van der Waals surface area contributed by atoms with E-state index in [4.69, 9.17) is 0 Å².